The zero-order valence-corrected chi connectivity index (χ0v) is 8.40. The van der Waals surface area contributed by atoms with Crippen molar-refractivity contribution >= 4 is 17.8 Å². The summed E-state index contributed by atoms with van der Waals surface area (Å²) >= 11 is 1.83. The van der Waals surface area contributed by atoms with Crippen LogP contribution < -0.4 is 0 Å². The van der Waals surface area contributed by atoms with Crippen LogP contribution in [0.5, 0.6) is 0 Å². The van der Waals surface area contributed by atoms with Gasteiger partial charge in [0.05, 0.1) is 0 Å². The normalized spacial score (nSPS) is 10.8. The van der Waals surface area contributed by atoms with Crippen LogP contribution in [0.15, 0.2) is 29.7 Å². The second-order valence-electron chi connectivity index (χ2n) is 2.67. The first kappa shape index (κ1) is 9.40. The van der Waals surface area contributed by atoms with Crippen LogP contribution in [0.25, 0.3) is 6.08 Å². The maximum Gasteiger partial charge on any atom is -0.00544 e. The first-order valence-corrected chi connectivity index (χ1v) is 5.22. The Morgan fingerprint density at radius 3 is 2.92 bits per heavy atom. The predicted octanol–water partition coefficient (Wildman–Crippen LogP) is 3.72. The van der Waals surface area contributed by atoms with E-state index < -0.39 is 0 Å². The lowest BCUT2D eigenvalue weighted by Gasteiger charge is -1.94. The van der Waals surface area contributed by atoms with E-state index in [4.69, 9.17) is 0 Å². The molecule has 1 rings (SSSR count). The molecule has 0 saturated heterocycles. The highest BCUT2D eigenvalue weighted by molar-refractivity contribution is 8.02. The third-order valence-electron chi connectivity index (χ3n) is 1.57. The largest absolute Gasteiger partial charge is 0.134 e. The highest BCUT2D eigenvalue weighted by Crippen LogP contribution is 2.09. The second kappa shape index (κ2) is 5.04. The zero-order valence-electron chi connectivity index (χ0n) is 7.58. The van der Waals surface area contributed by atoms with Gasteiger partial charge < -0.3 is 0 Å². The molecule has 0 radical (unpaired) electrons. The molecule has 64 valence electrons. The SMILES string of the molecule is CCSC=Cc1cccc(C)c1. The maximum absolute atomic E-state index is 2.19. The van der Waals surface area contributed by atoms with E-state index in [0.717, 1.165) is 5.75 Å². The Morgan fingerprint density at radius 2 is 2.25 bits per heavy atom. The molecule has 0 aliphatic carbocycles. The number of benzene rings is 1. The smallest absolute Gasteiger partial charge is 0.00544 e. The summed E-state index contributed by atoms with van der Waals surface area (Å²) in [5.74, 6) is 1.14. The van der Waals surface area contributed by atoms with Crippen LogP contribution in [0.1, 0.15) is 18.1 Å². The monoisotopic (exact) mass is 178 g/mol. The lowest BCUT2D eigenvalue weighted by Crippen LogP contribution is -1.73. The fraction of sp³-hybridized carbons (Fsp3) is 0.273. The number of thioether (sulfide) groups is 1. The summed E-state index contributed by atoms with van der Waals surface area (Å²) in [4.78, 5) is 0. The maximum atomic E-state index is 2.19. The Labute approximate surface area is 78.7 Å². The second-order valence-corrected chi connectivity index (χ2v) is 3.86. The molecular formula is C11H14S. The summed E-state index contributed by atoms with van der Waals surface area (Å²) < 4.78 is 0. The Hall–Kier alpha value is -0.690. The quantitative estimate of drug-likeness (QED) is 0.679. The Kier molecular flexibility index (Phi) is 3.95. The minimum absolute atomic E-state index is 1.14. The van der Waals surface area contributed by atoms with E-state index in [2.05, 4.69) is 49.6 Å². The average molecular weight is 178 g/mol. The van der Waals surface area contributed by atoms with Crippen molar-refractivity contribution in [2.75, 3.05) is 5.75 Å². The molecule has 1 aromatic rings. The third-order valence-corrected chi connectivity index (χ3v) is 2.23. The van der Waals surface area contributed by atoms with E-state index in [0.29, 0.717) is 0 Å². The molecule has 0 unspecified atom stereocenters. The first-order chi connectivity index (χ1) is 5.83. The van der Waals surface area contributed by atoms with Gasteiger partial charge in [0.25, 0.3) is 0 Å². The molecule has 0 nitrogen and oxygen atoms in total. The lowest BCUT2D eigenvalue weighted by molar-refractivity contribution is 1.46. The van der Waals surface area contributed by atoms with Gasteiger partial charge in [-0.15, -0.1) is 11.8 Å². The van der Waals surface area contributed by atoms with Crippen LogP contribution in [0, 0.1) is 6.92 Å². The molecule has 0 heterocycles. The lowest BCUT2D eigenvalue weighted by atomic mass is 10.1. The van der Waals surface area contributed by atoms with Crippen molar-refractivity contribution < 1.29 is 0 Å². The molecule has 1 heteroatoms. The molecule has 0 saturated carbocycles. The van der Waals surface area contributed by atoms with E-state index in [9.17, 15) is 0 Å². The minimum Gasteiger partial charge on any atom is -0.134 e. The average Bonchev–Trinajstić information content (AvgIpc) is 2.05. The van der Waals surface area contributed by atoms with Gasteiger partial charge >= 0.3 is 0 Å². The molecule has 0 aliphatic heterocycles. The van der Waals surface area contributed by atoms with Crippen LogP contribution in [-0.4, -0.2) is 5.75 Å². The van der Waals surface area contributed by atoms with Crippen molar-refractivity contribution in [3.8, 4) is 0 Å². The molecule has 0 bridgehead atoms. The van der Waals surface area contributed by atoms with Crippen LogP contribution >= 0.6 is 11.8 Å². The number of rotatable bonds is 3. The van der Waals surface area contributed by atoms with Crippen molar-refractivity contribution in [1.82, 2.24) is 0 Å². The summed E-state index contributed by atoms with van der Waals surface area (Å²) in [5, 5.41) is 2.15. The van der Waals surface area contributed by atoms with Gasteiger partial charge in [0.1, 0.15) is 0 Å². The van der Waals surface area contributed by atoms with Gasteiger partial charge in [0, 0.05) is 0 Å². The molecule has 0 spiro atoms. The van der Waals surface area contributed by atoms with E-state index in [1.54, 1.807) is 0 Å². The van der Waals surface area contributed by atoms with Gasteiger partial charge in [0.2, 0.25) is 0 Å². The predicted molar refractivity (Wildman–Crippen MR) is 58.3 cm³/mol. The van der Waals surface area contributed by atoms with Crippen LogP contribution in [-0.2, 0) is 0 Å². The van der Waals surface area contributed by atoms with Crippen molar-refractivity contribution in [2.45, 2.75) is 13.8 Å². The highest BCUT2D eigenvalue weighted by Gasteiger charge is 1.85. The standard InChI is InChI=1S/C11H14S/c1-3-12-8-7-11-6-4-5-10(2)9-11/h4-9H,3H2,1-2H3. The Balaban J connectivity index is 2.63. The number of hydrogen-bond donors (Lipinski definition) is 0. The molecule has 0 amide bonds. The van der Waals surface area contributed by atoms with Crippen LogP contribution in [0.2, 0.25) is 0 Å². The topological polar surface area (TPSA) is 0 Å². The molecule has 0 atom stereocenters. The van der Waals surface area contributed by atoms with Gasteiger partial charge in [-0.1, -0.05) is 36.8 Å². The summed E-state index contributed by atoms with van der Waals surface area (Å²) in [6.45, 7) is 4.27. The van der Waals surface area contributed by atoms with Crippen molar-refractivity contribution in [3.05, 3.63) is 40.8 Å². The van der Waals surface area contributed by atoms with Crippen LogP contribution in [0.4, 0.5) is 0 Å². The summed E-state index contributed by atoms with van der Waals surface area (Å²) in [7, 11) is 0. The van der Waals surface area contributed by atoms with Gasteiger partial charge in [-0.2, -0.15) is 0 Å². The van der Waals surface area contributed by atoms with Crippen LogP contribution in [0.3, 0.4) is 0 Å². The number of aryl methyl sites for hydroxylation is 1. The zero-order chi connectivity index (χ0) is 8.81. The summed E-state index contributed by atoms with van der Waals surface area (Å²) in [6.07, 6.45) is 2.15. The van der Waals surface area contributed by atoms with E-state index in [-0.39, 0.29) is 0 Å². The highest BCUT2D eigenvalue weighted by atomic mass is 32.2. The molecule has 1 aromatic carbocycles. The summed E-state index contributed by atoms with van der Waals surface area (Å²) in [6, 6.07) is 8.52. The molecule has 0 aromatic heterocycles. The Morgan fingerprint density at radius 1 is 1.42 bits per heavy atom. The minimum atomic E-state index is 1.14. The van der Waals surface area contributed by atoms with Gasteiger partial charge in [0.15, 0.2) is 0 Å². The van der Waals surface area contributed by atoms with E-state index >= 15 is 0 Å². The molecule has 0 N–H and O–H groups in total. The fourth-order valence-electron chi connectivity index (χ4n) is 0.997. The molecular weight excluding hydrogens is 164 g/mol. The van der Waals surface area contributed by atoms with Crippen molar-refractivity contribution in [1.29, 1.82) is 0 Å². The molecule has 0 aliphatic rings. The van der Waals surface area contributed by atoms with Gasteiger partial charge in [-0.3, -0.25) is 0 Å². The van der Waals surface area contributed by atoms with Crippen molar-refractivity contribution in [3.63, 3.8) is 0 Å². The number of hydrogen-bond acceptors (Lipinski definition) is 1. The van der Waals surface area contributed by atoms with Crippen molar-refractivity contribution in [2.24, 2.45) is 0 Å². The first-order valence-electron chi connectivity index (χ1n) is 4.17. The summed E-state index contributed by atoms with van der Waals surface area (Å²) in [5.41, 5.74) is 2.61. The van der Waals surface area contributed by atoms with Gasteiger partial charge in [-0.05, 0) is 29.7 Å². The molecule has 0 fully saturated rings. The van der Waals surface area contributed by atoms with E-state index in [1.807, 2.05) is 11.8 Å². The third kappa shape index (κ3) is 3.14. The van der Waals surface area contributed by atoms with Gasteiger partial charge in [-0.25, -0.2) is 0 Å². The molecule has 12 heavy (non-hydrogen) atoms. The Bertz CT molecular complexity index is 263. The van der Waals surface area contributed by atoms with E-state index in [1.165, 1.54) is 11.1 Å². The fourth-order valence-corrected chi connectivity index (χ4v) is 1.44.